The van der Waals surface area contributed by atoms with Gasteiger partial charge in [0.05, 0.1) is 5.60 Å². The number of rotatable bonds is 6. The summed E-state index contributed by atoms with van der Waals surface area (Å²) in [5.74, 6) is -4.84. The number of fused-ring (bicyclic) bond motifs is 2. The van der Waals surface area contributed by atoms with E-state index in [9.17, 15) is 39.6 Å². The van der Waals surface area contributed by atoms with Gasteiger partial charge in [0, 0.05) is 40.6 Å². The van der Waals surface area contributed by atoms with Gasteiger partial charge < -0.3 is 20.4 Å². The number of aliphatic hydroxyl groups is 3. The summed E-state index contributed by atoms with van der Waals surface area (Å²) in [5.41, 5.74) is -6.48. The molecule has 1 aromatic rings. The first-order valence-corrected chi connectivity index (χ1v) is 18.4. The van der Waals surface area contributed by atoms with Crippen molar-refractivity contribution >= 4 is 29.4 Å². The van der Waals surface area contributed by atoms with Crippen molar-refractivity contribution in [3.8, 4) is 0 Å². The third-order valence-electron chi connectivity index (χ3n) is 15.2. The zero-order chi connectivity index (χ0) is 36.4. The van der Waals surface area contributed by atoms with Gasteiger partial charge in [-0.1, -0.05) is 90.1 Å². The Hall–Kier alpha value is -3.20. The lowest BCUT2D eigenvalue weighted by molar-refractivity contribution is -0.163. The summed E-state index contributed by atoms with van der Waals surface area (Å²) in [6.45, 7) is 11.9. The highest BCUT2D eigenvalue weighted by Crippen LogP contribution is 2.78. The van der Waals surface area contributed by atoms with Gasteiger partial charge in [0.15, 0.2) is 11.6 Å². The predicted molar refractivity (Wildman–Crippen MR) is 187 cm³/mol. The van der Waals surface area contributed by atoms with E-state index >= 15 is 0 Å². The van der Waals surface area contributed by atoms with Crippen molar-refractivity contribution in [2.45, 2.75) is 110 Å². The second-order valence-electron chi connectivity index (χ2n) is 18.0. The maximum Gasteiger partial charge on any atom is 0.314 e. The van der Waals surface area contributed by atoms with Gasteiger partial charge in [0.25, 0.3) is 0 Å². The normalized spacial score (nSPS) is 45.4. The summed E-state index contributed by atoms with van der Waals surface area (Å²) in [5, 5.41) is 47.6. The molecule has 7 rings (SSSR count). The van der Waals surface area contributed by atoms with Gasteiger partial charge in [-0.05, 0) is 78.9 Å². The molecule has 6 aliphatic rings. The smallest absolute Gasteiger partial charge is 0.314 e. The van der Waals surface area contributed by atoms with Crippen LogP contribution in [-0.2, 0) is 19.2 Å². The van der Waals surface area contributed by atoms with Crippen molar-refractivity contribution in [2.24, 2.45) is 51.2 Å². The van der Waals surface area contributed by atoms with Crippen LogP contribution in [0.4, 0.5) is 0 Å². The van der Waals surface area contributed by atoms with E-state index in [0.29, 0.717) is 30.4 Å². The predicted octanol–water partition coefficient (Wildman–Crippen LogP) is 5.89. The van der Waals surface area contributed by atoms with Gasteiger partial charge in [0.2, 0.25) is 0 Å². The van der Waals surface area contributed by atoms with Gasteiger partial charge in [-0.2, -0.15) is 0 Å². The van der Waals surface area contributed by atoms with Crippen molar-refractivity contribution < 1.29 is 39.6 Å². The number of aliphatic carboxylic acids is 1. The Labute approximate surface area is 294 Å². The lowest BCUT2D eigenvalue weighted by Gasteiger charge is -2.68. The first-order valence-electron chi connectivity index (χ1n) is 18.4. The molecule has 8 nitrogen and oxygen atoms in total. The molecule has 3 fully saturated rings. The Bertz CT molecular complexity index is 1770. The summed E-state index contributed by atoms with van der Waals surface area (Å²) in [6.07, 6.45) is 9.33. The molecule has 50 heavy (non-hydrogen) atoms. The molecule has 4 N–H and O–H groups in total. The van der Waals surface area contributed by atoms with E-state index in [1.54, 1.807) is 12.2 Å². The highest BCUT2D eigenvalue weighted by molar-refractivity contribution is 6.03. The average molecular weight is 685 g/mol. The van der Waals surface area contributed by atoms with E-state index in [2.05, 4.69) is 6.92 Å². The third kappa shape index (κ3) is 4.34. The number of ketones is 3. The van der Waals surface area contributed by atoms with E-state index in [1.807, 2.05) is 77.1 Å². The molecule has 11 atom stereocenters. The number of carboxylic acid groups (broad SMARTS) is 1. The minimum Gasteiger partial charge on any atom is -0.481 e. The second kappa shape index (κ2) is 10.9. The van der Waals surface area contributed by atoms with E-state index in [-0.39, 0.29) is 55.5 Å². The minimum absolute atomic E-state index is 0.0225. The maximum absolute atomic E-state index is 14.9. The van der Waals surface area contributed by atoms with Crippen LogP contribution < -0.4 is 0 Å². The van der Waals surface area contributed by atoms with Gasteiger partial charge >= 0.3 is 5.97 Å². The van der Waals surface area contributed by atoms with Crippen LogP contribution in [0.25, 0.3) is 6.08 Å². The number of Topliss-reactive ketones (excluding diaryl/α,β-unsaturated/α-hetero) is 3. The topological polar surface area (TPSA) is 149 Å². The van der Waals surface area contributed by atoms with Gasteiger partial charge in [-0.3, -0.25) is 19.2 Å². The first-order chi connectivity index (χ1) is 23.2. The molecular weight excluding hydrogens is 632 g/mol. The van der Waals surface area contributed by atoms with E-state index < -0.39 is 68.0 Å². The van der Waals surface area contributed by atoms with Gasteiger partial charge in [0.1, 0.15) is 22.9 Å². The Balaban J connectivity index is 1.39. The molecule has 0 radical (unpaired) electrons. The fourth-order valence-corrected chi connectivity index (χ4v) is 12.7. The molecule has 1 aromatic carbocycles. The number of carboxylic acids is 1. The number of hydrogen-bond donors (Lipinski definition) is 4. The summed E-state index contributed by atoms with van der Waals surface area (Å²) in [7, 11) is 0. The standard InChI is InChI=1S/C42H52O8/c1-24(21-40(48)17-10-13-26(34(40)45)35(46)47)28-22-41(49)19-20-42(50)27(15-14-25-11-8-7-9-12-25)32-36(2,3)30(44)16-18-37(32,4)31-29(43)23-38(28,5)39(41,6)33(31)42/h7-9,11-12,14-15,19-20,24,26-28,32,48-50H,10,13,16-18,21-23H2,1-6H3,(H,46,47). The lowest BCUT2D eigenvalue weighted by Crippen LogP contribution is -2.69. The van der Waals surface area contributed by atoms with Crippen LogP contribution in [0.2, 0.25) is 0 Å². The van der Waals surface area contributed by atoms with Crippen LogP contribution in [0, 0.1) is 51.2 Å². The Morgan fingerprint density at radius 3 is 2.32 bits per heavy atom. The van der Waals surface area contributed by atoms with Crippen LogP contribution in [0.3, 0.4) is 0 Å². The molecule has 0 bridgehead atoms. The highest BCUT2D eigenvalue weighted by Gasteiger charge is 2.78. The molecular formula is C42H52O8. The molecule has 0 heterocycles. The molecule has 6 aliphatic carbocycles. The van der Waals surface area contributed by atoms with E-state index in [1.165, 1.54) is 0 Å². The van der Waals surface area contributed by atoms with E-state index in [0.717, 1.165) is 5.56 Å². The SMILES string of the molecule is CC(CC1(O)CCCC(C(=O)O)C1=O)C1CC2(O)C=CC3(O)C4=C(C(=O)CC1(C)C42C)C1(C)CCC(=O)C(C)(C)C1C3C=Cc1ccccc1. The molecule has 8 heteroatoms. The van der Waals surface area contributed by atoms with Crippen molar-refractivity contribution in [1.82, 2.24) is 0 Å². The third-order valence-corrected chi connectivity index (χ3v) is 15.2. The minimum atomic E-state index is -1.81. The molecule has 0 amide bonds. The van der Waals surface area contributed by atoms with Crippen LogP contribution in [0.1, 0.15) is 98.5 Å². The fourth-order valence-electron chi connectivity index (χ4n) is 12.7. The highest BCUT2D eigenvalue weighted by atomic mass is 16.4. The fraction of sp³-hybridized carbons (Fsp3) is 0.619. The van der Waals surface area contributed by atoms with Gasteiger partial charge in [-0.15, -0.1) is 0 Å². The summed E-state index contributed by atoms with van der Waals surface area (Å²) < 4.78 is 0. The lowest BCUT2D eigenvalue weighted by atomic mass is 9.36. The summed E-state index contributed by atoms with van der Waals surface area (Å²) >= 11 is 0. The molecule has 0 aliphatic heterocycles. The Morgan fingerprint density at radius 1 is 0.980 bits per heavy atom. The monoisotopic (exact) mass is 684 g/mol. The quantitative estimate of drug-likeness (QED) is 0.214. The van der Waals surface area contributed by atoms with Crippen molar-refractivity contribution in [3.63, 3.8) is 0 Å². The Kier molecular flexibility index (Phi) is 7.68. The second-order valence-corrected chi connectivity index (χ2v) is 18.0. The molecule has 0 aromatic heterocycles. The molecule has 11 unspecified atom stereocenters. The Morgan fingerprint density at radius 2 is 1.66 bits per heavy atom. The molecule has 268 valence electrons. The molecule has 0 saturated heterocycles. The average Bonchev–Trinajstić information content (AvgIpc) is 3.23. The van der Waals surface area contributed by atoms with Crippen molar-refractivity contribution in [2.75, 3.05) is 0 Å². The van der Waals surface area contributed by atoms with Crippen LogP contribution >= 0.6 is 0 Å². The molecule has 0 spiro atoms. The zero-order valence-electron chi connectivity index (χ0n) is 30.2. The molecule has 3 saturated carbocycles. The van der Waals surface area contributed by atoms with Crippen LogP contribution in [0.5, 0.6) is 0 Å². The summed E-state index contributed by atoms with van der Waals surface area (Å²) in [6, 6.07) is 9.79. The van der Waals surface area contributed by atoms with Crippen LogP contribution in [-0.4, -0.2) is 60.5 Å². The van der Waals surface area contributed by atoms with Crippen LogP contribution in [0.15, 0.2) is 59.7 Å². The van der Waals surface area contributed by atoms with Crippen molar-refractivity contribution in [3.05, 3.63) is 65.3 Å². The first kappa shape index (κ1) is 35.2. The number of hydrogen-bond acceptors (Lipinski definition) is 7. The van der Waals surface area contributed by atoms with Gasteiger partial charge in [-0.25, -0.2) is 0 Å². The summed E-state index contributed by atoms with van der Waals surface area (Å²) in [4.78, 5) is 53.8. The maximum atomic E-state index is 14.9. The zero-order valence-corrected chi connectivity index (χ0v) is 30.2. The number of carbonyl (C=O) groups is 4. The number of benzene rings is 1. The van der Waals surface area contributed by atoms with E-state index in [4.69, 9.17) is 0 Å². The number of allylic oxidation sites excluding steroid dienone is 1. The number of carbonyl (C=O) groups excluding carboxylic acids is 3. The van der Waals surface area contributed by atoms with Crippen molar-refractivity contribution in [1.29, 1.82) is 0 Å². The largest absolute Gasteiger partial charge is 0.481 e.